The van der Waals surface area contributed by atoms with Crippen LogP contribution in [0.3, 0.4) is 0 Å². The topological polar surface area (TPSA) is 80.5 Å². The third kappa shape index (κ3) is 3.56. The van der Waals surface area contributed by atoms with Gasteiger partial charge in [0.25, 0.3) is 5.91 Å². The summed E-state index contributed by atoms with van der Waals surface area (Å²) in [6, 6.07) is 1.11. The molecule has 8 heteroatoms. The molecule has 0 heterocycles. The largest absolute Gasteiger partial charge is 0.337 e. The van der Waals surface area contributed by atoms with Crippen LogP contribution >= 0.6 is 0 Å². The highest BCUT2D eigenvalue weighted by Gasteiger charge is 2.30. The van der Waals surface area contributed by atoms with E-state index in [4.69, 9.17) is 5.14 Å². The number of benzene rings is 1. The molecule has 1 amide bonds. The number of amides is 1. The Morgan fingerprint density at radius 2 is 1.86 bits per heavy atom. The summed E-state index contributed by atoms with van der Waals surface area (Å²) in [5, 5.41) is 4.82. The Morgan fingerprint density at radius 3 is 2.29 bits per heavy atom. The van der Waals surface area contributed by atoms with E-state index in [9.17, 15) is 22.0 Å². The minimum atomic E-state index is -4.46. The zero-order valence-electron chi connectivity index (χ0n) is 12.3. The number of hydrogen-bond acceptors (Lipinski definition) is 3. The normalized spacial score (nSPS) is 12.3. The molecule has 2 N–H and O–H groups in total. The zero-order chi connectivity index (χ0) is 16.6. The van der Waals surface area contributed by atoms with Gasteiger partial charge in [-0.3, -0.25) is 4.79 Å². The monoisotopic (exact) mass is 320 g/mol. The van der Waals surface area contributed by atoms with Crippen molar-refractivity contribution in [2.45, 2.75) is 37.6 Å². The van der Waals surface area contributed by atoms with E-state index in [-0.39, 0.29) is 0 Å². The van der Waals surface area contributed by atoms with Crippen molar-refractivity contribution in [2.75, 3.05) is 7.05 Å². The lowest BCUT2D eigenvalue weighted by atomic mass is 9.98. The molecule has 0 aromatic heterocycles. The first-order chi connectivity index (χ1) is 9.41. The van der Waals surface area contributed by atoms with E-state index in [0.29, 0.717) is 18.6 Å². The molecular formula is C13H18F2N2O3S. The second-order valence-electron chi connectivity index (χ2n) is 5.34. The molecule has 1 aromatic carbocycles. The number of halogens is 2. The minimum Gasteiger partial charge on any atom is -0.337 e. The lowest BCUT2D eigenvalue weighted by Crippen LogP contribution is -2.44. The van der Waals surface area contributed by atoms with E-state index in [0.717, 1.165) is 0 Å². The average Bonchev–Trinajstić information content (AvgIpc) is 2.38. The van der Waals surface area contributed by atoms with Crippen LogP contribution in [-0.2, 0) is 10.0 Å². The fourth-order valence-electron chi connectivity index (χ4n) is 1.62. The molecule has 0 aliphatic rings. The quantitative estimate of drug-likeness (QED) is 0.919. The van der Waals surface area contributed by atoms with Crippen molar-refractivity contribution in [2.24, 2.45) is 5.14 Å². The zero-order valence-corrected chi connectivity index (χ0v) is 13.1. The summed E-state index contributed by atoms with van der Waals surface area (Å²) in [5.41, 5.74) is -1.26. The lowest BCUT2D eigenvalue weighted by Gasteiger charge is -2.35. The number of rotatable bonds is 4. The summed E-state index contributed by atoms with van der Waals surface area (Å²) in [5.74, 6) is -3.21. The summed E-state index contributed by atoms with van der Waals surface area (Å²) in [6.07, 6.45) is 0.578. The molecule has 1 aromatic rings. The Hall–Kier alpha value is -1.54. The van der Waals surface area contributed by atoms with Gasteiger partial charge >= 0.3 is 0 Å². The van der Waals surface area contributed by atoms with Crippen LogP contribution in [0.2, 0.25) is 0 Å². The summed E-state index contributed by atoms with van der Waals surface area (Å²) in [4.78, 5) is 12.5. The van der Waals surface area contributed by atoms with E-state index < -0.39 is 43.6 Å². The Balaban J connectivity index is 3.45. The number of hydrogen-bond donors (Lipinski definition) is 1. The number of sulfonamides is 1. The molecule has 0 aliphatic carbocycles. The third-order valence-electron chi connectivity index (χ3n) is 3.62. The van der Waals surface area contributed by atoms with Gasteiger partial charge in [-0.15, -0.1) is 0 Å². The number of carbonyl (C=O) groups is 1. The van der Waals surface area contributed by atoms with Gasteiger partial charge in [0.2, 0.25) is 10.0 Å². The maximum Gasteiger partial charge on any atom is 0.257 e. The maximum absolute atomic E-state index is 14.2. The van der Waals surface area contributed by atoms with Crippen molar-refractivity contribution in [1.82, 2.24) is 4.90 Å². The van der Waals surface area contributed by atoms with Gasteiger partial charge in [0, 0.05) is 12.6 Å². The molecular weight excluding hydrogens is 302 g/mol. The predicted octanol–water partition coefficient (Wildman–Crippen LogP) is 1.87. The van der Waals surface area contributed by atoms with Crippen LogP contribution in [0.5, 0.6) is 0 Å². The molecule has 5 nitrogen and oxygen atoms in total. The van der Waals surface area contributed by atoms with Gasteiger partial charge in [-0.25, -0.2) is 22.3 Å². The molecule has 0 radical (unpaired) electrons. The van der Waals surface area contributed by atoms with Crippen LogP contribution in [-0.4, -0.2) is 31.8 Å². The number of nitrogens with two attached hydrogens (primary N) is 1. The first-order valence-corrected chi connectivity index (χ1v) is 7.76. The van der Waals surface area contributed by atoms with Crippen LogP contribution < -0.4 is 5.14 Å². The SMILES string of the molecule is CCC(C)(C)N(C)C(=O)c1cc(F)cc(S(N)(=O)=O)c1F. The molecule has 21 heavy (non-hydrogen) atoms. The van der Waals surface area contributed by atoms with Gasteiger partial charge in [0.15, 0.2) is 5.82 Å². The maximum atomic E-state index is 14.2. The van der Waals surface area contributed by atoms with Gasteiger partial charge in [-0.05, 0) is 32.4 Å². The van der Waals surface area contributed by atoms with Crippen molar-refractivity contribution < 1.29 is 22.0 Å². The Bertz CT molecular complexity index is 672. The molecule has 1 rings (SSSR count). The number of nitrogens with zero attached hydrogens (tertiary/aromatic N) is 1. The third-order valence-corrected chi connectivity index (χ3v) is 4.53. The van der Waals surface area contributed by atoms with Crippen molar-refractivity contribution >= 4 is 15.9 Å². The standard InChI is InChI=1S/C13H18F2N2O3S/c1-5-13(2,3)17(4)12(18)9-6-8(14)7-10(11(9)15)21(16,19)20/h6-7H,5H2,1-4H3,(H2,16,19,20). The Morgan fingerprint density at radius 1 is 1.33 bits per heavy atom. The Labute approximate surface area is 122 Å². The molecule has 0 saturated heterocycles. The first-order valence-electron chi connectivity index (χ1n) is 6.22. The van der Waals surface area contributed by atoms with E-state index in [1.165, 1.54) is 11.9 Å². The van der Waals surface area contributed by atoms with E-state index in [1.54, 1.807) is 13.8 Å². The highest BCUT2D eigenvalue weighted by Crippen LogP contribution is 2.24. The number of primary sulfonamides is 1. The van der Waals surface area contributed by atoms with Crippen molar-refractivity contribution in [3.8, 4) is 0 Å². The minimum absolute atomic E-state index is 0.451. The molecule has 0 fully saturated rings. The van der Waals surface area contributed by atoms with Crippen LogP contribution in [0.15, 0.2) is 17.0 Å². The Kier molecular flexibility index (Phi) is 4.74. The van der Waals surface area contributed by atoms with Crippen LogP contribution in [0.4, 0.5) is 8.78 Å². The summed E-state index contributed by atoms with van der Waals surface area (Å²) in [6.45, 7) is 5.34. The van der Waals surface area contributed by atoms with Gasteiger partial charge < -0.3 is 4.90 Å². The van der Waals surface area contributed by atoms with E-state index in [2.05, 4.69) is 0 Å². The molecule has 0 saturated carbocycles. The highest BCUT2D eigenvalue weighted by molar-refractivity contribution is 7.89. The van der Waals surface area contributed by atoms with E-state index in [1.807, 2.05) is 6.92 Å². The van der Waals surface area contributed by atoms with Crippen LogP contribution in [0, 0.1) is 11.6 Å². The second-order valence-corrected chi connectivity index (χ2v) is 6.87. The van der Waals surface area contributed by atoms with Crippen LogP contribution in [0.25, 0.3) is 0 Å². The molecule has 0 spiro atoms. The van der Waals surface area contributed by atoms with Gasteiger partial charge in [-0.2, -0.15) is 0 Å². The molecule has 0 unspecified atom stereocenters. The van der Waals surface area contributed by atoms with Crippen molar-refractivity contribution in [3.63, 3.8) is 0 Å². The summed E-state index contributed by atoms with van der Waals surface area (Å²) >= 11 is 0. The van der Waals surface area contributed by atoms with Gasteiger partial charge in [0.1, 0.15) is 10.7 Å². The lowest BCUT2D eigenvalue weighted by molar-refractivity contribution is 0.0614. The smallest absolute Gasteiger partial charge is 0.257 e. The number of carbonyl (C=O) groups excluding carboxylic acids is 1. The summed E-state index contributed by atoms with van der Waals surface area (Å²) < 4.78 is 50.2. The summed E-state index contributed by atoms with van der Waals surface area (Å²) in [7, 11) is -3.03. The van der Waals surface area contributed by atoms with Gasteiger partial charge in [0.05, 0.1) is 5.56 Å². The fraction of sp³-hybridized carbons (Fsp3) is 0.462. The first kappa shape index (κ1) is 17.5. The fourth-order valence-corrected chi connectivity index (χ4v) is 2.26. The molecule has 0 atom stereocenters. The van der Waals surface area contributed by atoms with Crippen molar-refractivity contribution in [3.05, 3.63) is 29.3 Å². The highest BCUT2D eigenvalue weighted by atomic mass is 32.2. The predicted molar refractivity (Wildman–Crippen MR) is 74.2 cm³/mol. The van der Waals surface area contributed by atoms with E-state index >= 15 is 0 Å². The van der Waals surface area contributed by atoms with Crippen molar-refractivity contribution in [1.29, 1.82) is 0 Å². The molecule has 0 bridgehead atoms. The second kappa shape index (κ2) is 5.69. The molecule has 118 valence electrons. The average molecular weight is 320 g/mol. The molecule has 0 aliphatic heterocycles. The van der Waals surface area contributed by atoms with Crippen LogP contribution in [0.1, 0.15) is 37.6 Å². The van der Waals surface area contributed by atoms with Gasteiger partial charge in [-0.1, -0.05) is 6.92 Å².